The van der Waals surface area contributed by atoms with Gasteiger partial charge >= 0.3 is 0 Å². The van der Waals surface area contributed by atoms with Gasteiger partial charge in [0.05, 0.1) is 39.3 Å². The van der Waals surface area contributed by atoms with Crippen LogP contribution in [0.1, 0.15) is 17.5 Å². The third kappa shape index (κ3) is 6.69. The fraction of sp³-hybridized carbons (Fsp3) is 0.467. The van der Waals surface area contributed by atoms with Crippen LogP contribution in [0.5, 0.6) is 0 Å². The zero-order chi connectivity index (χ0) is 27.3. The van der Waals surface area contributed by atoms with Crippen LogP contribution >= 0.6 is 0 Å². The monoisotopic (exact) mass is 555 g/mol. The predicted octanol–water partition coefficient (Wildman–Crippen LogP) is 3.69. The Kier molecular flexibility index (Phi) is 8.98. The van der Waals surface area contributed by atoms with E-state index in [2.05, 4.69) is 12.2 Å². The van der Waals surface area contributed by atoms with Gasteiger partial charge in [0.25, 0.3) is 0 Å². The maximum absolute atomic E-state index is 12.7. The molecule has 2 aliphatic heterocycles. The lowest BCUT2D eigenvalue weighted by Crippen LogP contribution is -2.67. The van der Waals surface area contributed by atoms with Crippen LogP contribution in [0.15, 0.2) is 85.0 Å². The van der Waals surface area contributed by atoms with E-state index in [1.54, 1.807) is 0 Å². The number of hydrogen-bond acceptors (Lipinski definition) is 7. The van der Waals surface area contributed by atoms with E-state index in [4.69, 9.17) is 23.7 Å². The quantitative estimate of drug-likeness (QED) is 0.395. The number of rotatable bonds is 12. The highest BCUT2D eigenvalue weighted by Gasteiger charge is 2.63. The molecule has 5 rings (SSSR count). The molecule has 1 aliphatic carbocycles. The number of hydrogen-bond donors (Lipinski definition) is 0. The summed E-state index contributed by atoms with van der Waals surface area (Å²) in [5.74, 6) is 0.283. The Balaban J connectivity index is 1.43. The molecule has 2 heterocycles. The number of benzene rings is 2. The van der Waals surface area contributed by atoms with E-state index >= 15 is 0 Å². The van der Waals surface area contributed by atoms with E-state index in [1.807, 2.05) is 72.8 Å². The van der Waals surface area contributed by atoms with Crippen molar-refractivity contribution < 1.29 is 32.1 Å². The van der Waals surface area contributed by atoms with Crippen LogP contribution in [-0.2, 0) is 46.9 Å². The fourth-order valence-corrected chi connectivity index (χ4v) is 5.99. The smallest absolute Gasteiger partial charge is 0.211 e. The standard InChI is InChI=1S/C30H37NO7S/c1-31(39(2,32)33)26-27(35-19-24-14-8-4-9-15-24)28(36-20-25-16-10-5-11-17-25)30(22-37-29(26)38-30)21-34-18-23-12-6-3-7-13-23/h3-12,14-17,23,26-29H,13,18-22H2,1-2H3/t23?,26?,27-,28-,29+,30+/m1/s1. The highest BCUT2D eigenvalue weighted by molar-refractivity contribution is 7.88. The lowest BCUT2D eigenvalue weighted by molar-refractivity contribution is -0.271. The Labute approximate surface area is 231 Å². The molecule has 3 aliphatic rings. The van der Waals surface area contributed by atoms with Crippen molar-refractivity contribution in [1.29, 1.82) is 0 Å². The number of allylic oxidation sites excluding steroid dienone is 3. The van der Waals surface area contributed by atoms with Crippen molar-refractivity contribution in [3.63, 3.8) is 0 Å². The third-order valence-corrected chi connectivity index (χ3v) is 8.81. The van der Waals surface area contributed by atoms with Crippen molar-refractivity contribution in [3.8, 4) is 0 Å². The molecule has 0 N–H and O–H groups in total. The molecule has 0 spiro atoms. The van der Waals surface area contributed by atoms with Gasteiger partial charge in [0, 0.05) is 13.0 Å². The highest BCUT2D eigenvalue weighted by Crippen LogP contribution is 2.43. The Morgan fingerprint density at radius 2 is 1.64 bits per heavy atom. The van der Waals surface area contributed by atoms with E-state index in [9.17, 15) is 8.42 Å². The van der Waals surface area contributed by atoms with Gasteiger partial charge in [-0.1, -0.05) is 85.0 Å². The van der Waals surface area contributed by atoms with Crippen LogP contribution in [0, 0.1) is 5.92 Å². The summed E-state index contributed by atoms with van der Waals surface area (Å²) in [6.45, 7) is 1.56. The minimum atomic E-state index is -3.59. The molecule has 8 nitrogen and oxygen atoms in total. The molecule has 2 unspecified atom stereocenters. The second kappa shape index (κ2) is 12.4. The summed E-state index contributed by atoms with van der Waals surface area (Å²) in [6.07, 6.45) is 8.29. The Morgan fingerprint density at radius 3 is 2.26 bits per heavy atom. The van der Waals surface area contributed by atoms with Gasteiger partial charge in [-0.05, 0) is 17.5 Å². The lowest BCUT2D eigenvalue weighted by Gasteiger charge is -2.48. The van der Waals surface area contributed by atoms with Crippen molar-refractivity contribution in [2.75, 3.05) is 33.1 Å². The Hall–Kier alpha value is -2.37. The van der Waals surface area contributed by atoms with E-state index < -0.39 is 40.2 Å². The van der Waals surface area contributed by atoms with E-state index in [1.165, 1.54) is 17.6 Å². The molecule has 2 aromatic rings. The average molecular weight is 556 g/mol. The van der Waals surface area contributed by atoms with Crippen LogP contribution in [-0.4, -0.2) is 76.0 Å². The minimum Gasteiger partial charge on any atom is -0.378 e. The van der Waals surface area contributed by atoms with Crippen molar-refractivity contribution in [2.45, 2.75) is 49.8 Å². The summed E-state index contributed by atoms with van der Waals surface area (Å²) in [5, 5.41) is 0. The molecule has 0 radical (unpaired) electrons. The van der Waals surface area contributed by atoms with Gasteiger partial charge < -0.3 is 23.7 Å². The van der Waals surface area contributed by atoms with Crippen LogP contribution in [0.25, 0.3) is 0 Å². The zero-order valence-corrected chi connectivity index (χ0v) is 23.2. The van der Waals surface area contributed by atoms with Crippen LogP contribution in [0.2, 0.25) is 0 Å². The van der Waals surface area contributed by atoms with Gasteiger partial charge in [0.2, 0.25) is 10.0 Å². The summed E-state index contributed by atoms with van der Waals surface area (Å²) < 4.78 is 58.7. The van der Waals surface area contributed by atoms with Gasteiger partial charge in [-0.15, -0.1) is 0 Å². The molecule has 0 saturated carbocycles. The number of fused-ring (bicyclic) bond motifs is 2. The molecule has 210 valence electrons. The average Bonchev–Trinajstić information content (AvgIpc) is 3.32. The number of sulfonamides is 1. The van der Waals surface area contributed by atoms with Crippen molar-refractivity contribution in [1.82, 2.24) is 4.31 Å². The maximum Gasteiger partial charge on any atom is 0.211 e. The number of likely N-dealkylation sites (N-methyl/N-ethyl adjacent to an activating group) is 1. The molecule has 0 aromatic heterocycles. The predicted molar refractivity (Wildman–Crippen MR) is 147 cm³/mol. The first-order chi connectivity index (χ1) is 18.9. The summed E-state index contributed by atoms with van der Waals surface area (Å²) in [6, 6.07) is 18.9. The minimum absolute atomic E-state index is 0.205. The second-order valence-corrected chi connectivity index (χ2v) is 12.5. The van der Waals surface area contributed by atoms with Gasteiger partial charge in [0.1, 0.15) is 23.9 Å². The SMILES string of the molecule is CN(C1[C@H]2OC[C@](COCC3C=CC=CC3)(O2)[C@H](OCc2ccccc2)[C@@H]1OCc1ccccc1)S(C)(=O)=O. The van der Waals surface area contributed by atoms with Crippen molar-refractivity contribution in [3.05, 3.63) is 96.1 Å². The van der Waals surface area contributed by atoms with Gasteiger partial charge in [-0.2, -0.15) is 4.31 Å². The molecule has 6 atom stereocenters. The highest BCUT2D eigenvalue weighted by atomic mass is 32.2. The number of ether oxygens (including phenoxy) is 5. The Morgan fingerprint density at radius 1 is 0.974 bits per heavy atom. The molecule has 2 bridgehead atoms. The largest absolute Gasteiger partial charge is 0.378 e. The molecular weight excluding hydrogens is 518 g/mol. The van der Waals surface area contributed by atoms with E-state index in [-0.39, 0.29) is 25.7 Å². The maximum atomic E-state index is 12.7. The molecule has 0 amide bonds. The van der Waals surface area contributed by atoms with Gasteiger partial charge in [0.15, 0.2) is 6.29 Å². The lowest BCUT2D eigenvalue weighted by atomic mass is 9.87. The first-order valence-corrected chi connectivity index (χ1v) is 15.2. The molecule has 2 fully saturated rings. The van der Waals surface area contributed by atoms with E-state index in [0.29, 0.717) is 13.2 Å². The van der Waals surface area contributed by atoms with Gasteiger partial charge in [-0.25, -0.2) is 8.42 Å². The molecular formula is C30H37NO7S. The topological polar surface area (TPSA) is 83.5 Å². The second-order valence-electron chi connectivity index (χ2n) is 10.4. The molecule has 9 heteroatoms. The summed E-state index contributed by atoms with van der Waals surface area (Å²) >= 11 is 0. The van der Waals surface area contributed by atoms with Crippen LogP contribution in [0.3, 0.4) is 0 Å². The fourth-order valence-electron chi connectivity index (χ4n) is 5.33. The molecule has 39 heavy (non-hydrogen) atoms. The molecule has 2 aromatic carbocycles. The van der Waals surface area contributed by atoms with Gasteiger partial charge in [-0.3, -0.25) is 0 Å². The normalized spacial score (nSPS) is 30.2. The Bertz CT molecular complexity index is 1240. The summed E-state index contributed by atoms with van der Waals surface area (Å²) in [4.78, 5) is 0. The zero-order valence-electron chi connectivity index (χ0n) is 22.4. The third-order valence-electron chi connectivity index (χ3n) is 7.52. The number of nitrogens with zero attached hydrogens (tertiary/aromatic N) is 1. The van der Waals surface area contributed by atoms with Crippen LogP contribution < -0.4 is 0 Å². The molecule has 2 saturated heterocycles. The summed E-state index contributed by atoms with van der Waals surface area (Å²) in [5.41, 5.74) is 1.01. The first-order valence-electron chi connectivity index (χ1n) is 13.3. The van der Waals surface area contributed by atoms with Crippen molar-refractivity contribution in [2.24, 2.45) is 5.92 Å². The van der Waals surface area contributed by atoms with Crippen LogP contribution in [0.4, 0.5) is 0 Å². The van der Waals surface area contributed by atoms with Crippen molar-refractivity contribution >= 4 is 10.0 Å². The summed E-state index contributed by atoms with van der Waals surface area (Å²) in [7, 11) is -2.06. The van der Waals surface area contributed by atoms with E-state index in [0.717, 1.165) is 17.5 Å². The first kappa shape index (κ1) is 28.2.